The van der Waals surface area contributed by atoms with Crippen molar-refractivity contribution in [3.05, 3.63) is 42.2 Å². The normalized spacial score (nSPS) is 16.1. The zero-order chi connectivity index (χ0) is 17.7. The lowest BCUT2D eigenvalue weighted by molar-refractivity contribution is 0.0782. The first kappa shape index (κ1) is 15.5. The van der Waals surface area contributed by atoms with E-state index in [0.717, 1.165) is 23.1 Å². The van der Waals surface area contributed by atoms with Gasteiger partial charge in [-0.15, -0.1) is 5.10 Å². The van der Waals surface area contributed by atoms with E-state index in [4.69, 9.17) is 11.6 Å². The largest absolute Gasteiger partial charge is 0.350 e. The molecule has 1 fully saturated rings. The predicted molar refractivity (Wildman–Crippen MR) is 96.2 cm³/mol. The van der Waals surface area contributed by atoms with Crippen LogP contribution in [0.25, 0.3) is 22.4 Å². The van der Waals surface area contributed by atoms with Gasteiger partial charge in [-0.25, -0.2) is 23.9 Å². The van der Waals surface area contributed by atoms with Gasteiger partial charge in [-0.05, 0) is 25.3 Å². The highest BCUT2D eigenvalue weighted by Crippen LogP contribution is 2.35. The first-order valence-corrected chi connectivity index (χ1v) is 8.75. The average Bonchev–Trinajstić information content (AvgIpc) is 3.21. The molecule has 0 aromatic carbocycles. The molecule has 1 N–H and O–H groups in total. The van der Waals surface area contributed by atoms with Gasteiger partial charge in [0.1, 0.15) is 10.8 Å². The lowest BCUT2D eigenvalue weighted by atomic mass is 9.82. The third-order valence-electron chi connectivity index (χ3n) is 4.86. The molecule has 0 spiro atoms. The molecular formula is C17H15ClFN7. The second-order valence-corrected chi connectivity index (χ2v) is 6.98. The molecule has 1 aliphatic rings. The fourth-order valence-electron chi connectivity index (χ4n) is 3.18. The van der Waals surface area contributed by atoms with Gasteiger partial charge >= 0.3 is 0 Å². The summed E-state index contributed by atoms with van der Waals surface area (Å²) in [6, 6.07) is 1.93. The van der Waals surface area contributed by atoms with Crippen LogP contribution in [0.3, 0.4) is 0 Å². The molecule has 7 nitrogen and oxygen atoms in total. The Hall–Kier alpha value is -2.74. The lowest BCUT2D eigenvalue weighted by Crippen LogP contribution is -2.39. The van der Waals surface area contributed by atoms with Crippen molar-refractivity contribution in [2.45, 2.75) is 24.9 Å². The Labute approximate surface area is 152 Å². The van der Waals surface area contributed by atoms with E-state index < -0.39 is 5.67 Å². The Morgan fingerprint density at radius 2 is 2.04 bits per heavy atom. The molecule has 0 amide bonds. The van der Waals surface area contributed by atoms with Crippen LogP contribution in [0.2, 0.25) is 5.15 Å². The van der Waals surface area contributed by atoms with E-state index in [0.29, 0.717) is 29.7 Å². The molecule has 1 aliphatic carbocycles. The maximum Gasteiger partial charge on any atom is 0.241 e. The standard InChI is InChI=1S/C17H15ClFN7/c18-14-8-22-16-21-6-11(9-25(14)16)12-2-5-26-13(12)7-20-15(24-26)23-10-17(19)3-1-4-17/h2,5-9H,1,3-4,10H2,(H,23,24). The smallest absolute Gasteiger partial charge is 0.241 e. The Balaban J connectivity index is 1.47. The summed E-state index contributed by atoms with van der Waals surface area (Å²) in [6.45, 7) is 0.242. The number of rotatable bonds is 4. The van der Waals surface area contributed by atoms with Gasteiger partial charge in [0.15, 0.2) is 0 Å². The molecule has 26 heavy (non-hydrogen) atoms. The molecule has 4 heterocycles. The number of nitrogens with zero attached hydrogens (tertiary/aromatic N) is 6. The van der Waals surface area contributed by atoms with Gasteiger partial charge in [0, 0.05) is 29.7 Å². The highest BCUT2D eigenvalue weighted by molar-refractivity contribution is 6.29. The van der Waals surface area contributed by atoms with E-state index in [1.54, 1.807) is 27.5 Å². The molecule has 4 aromatic rings. The molecule has 1 saturated carbocycles. The Morgan fingerprint density at radius 1 is 1.19 bits per heavy atom. The molecule has 0 atom stereocenters. The molecule has 5 rings (SSSR count). The number of anilines is 1. The van der Waals surface area contributed by atoms with Crippen LogP contribution in [-0.4, -0.2) is 41.2 Å². The SMILES string of the molecule is FC1(CNc2ncc3c(-c4cnc5ncc(Cl)n5c4)ccn3n2)CCC1. The summed E-state index contributed by atoms with van der Waals surface area (Å²) in [5.74, 6) is 0.955. The fraction of sp³-hybridized carbons (Fsp3) is 0.294. The quantitative estimate of drug-likeness (QED) is 0.595. The topological polar surface area (TPSA) is 72.4 Å². The van der Waals surface area contributed by atoms with Crippen molar-refractivity contribution in [3.63, 3.8) is 0 Å². The second kappa shape index (κ2) is 5.63. The molecule has 0 unspecified atom stereocenters. The zero-order valence-electron chi connectivity index (χ0n) is 13.7. The van der Waals surface area contributed by atoms with Crippen LogP contribution in [0.1, 0.15) is 19.3 Å². The van der Waals surface area contributed by atoms with Crippen molar-refractivity contribution in [3.8, 4) is 11.1 Å². The van der Waals surface area contributed by atoms with Gasteiger partial charge in [-0.1, -0.05) is 11.6 Å². The molecular weight excluding hydrogens is 357 g/mol. The first-order valence-electron chi connectivity index (χ1n) is 8.38. The van der Waals surface area contributed by atoms with E-state index in [2.05, 4.69) is 25.4 Å². The van der Waals surface area contributed by atoms with Gasteiger partial charge in [0.25, 0.3) is 0 Å². The molecule has 0 bridgehead atoms. The Kier molecular flexibility index (Phi) is 3.36. The van der Waals surface area contributed by atoms with Crippen molar-refractivity contribution in [2.24, 2.45) is 0 Å². The van der Waals surface area contributed by atoms with Gasteiger partial charge in [-0.3, -0.25) is 4.40 Å². The van der Waals surface area contributed by atoms with E-state index in [-0.39, 0.29) is 6.54 Å². The highest BCUT2D eigenvalue weighted by Gasteiger charge is 2.36. The van der Waals surface area contributed by atoms with E-state index in [9.17, 15) is 4.39 Å². The van der Waals surface area contributed by atoms with Gasteiger partial charge < -0.3 is 5.32 Å². The van der Waals surface area contributed by atoms with Crippen LogP contribution in [-0.2, 0) is 0 Å². The molecule has 0 radical (unpaired) electrons. The van der Waals surface area contributed by atoms with Crippen molar-refractivity contribution in [1.82, 2.24) is 29.0 Å². The molecule has 4 aromatic heterocycles. The number of hydrogen-bond donors (Lipinski definition) is 1. The van der Waals surface area contributed by atoms with E-state index >= 15 is 0 Å². The summed E-state index contributed by atoms with van der Waals surface area (Å²) in [6.07, 6.45) is 10.9. The summed E-state index contributed by atoms with van der Waals surface area (Å²) in [5.41, 5.74) is 1.51. The van der Waals surface area contributed by atoms with Crippen LogP contribution >= 0.6 is 11.6 Å². The minimum Gasteiger partial charge on any atom is -0.350 e. The van der Waals surface area contributed by atoms with Crippen LogP contribution in [0.5, 0.6) is 0 Å². The fourth-order valence-corrected chi connectivity index (χ4v) is 3.36. The van der Waals surface area contributed by atoms with Gasteiger partial charge in [0.05, 0.1) is 24.5 Å². The summed E-state index contributed by atoms with van der Waals surface area (Å²) in [7, 11) is 0. The second-order valence-electron chi connectivity index (χ2n) is 6.59. The van der Waals surface area contributed by atoms with Crippen molar-refractivity contribution in [1.29, 1.82) is 0 Å². The van der Waals surface area contributed by atoms with Crippen molar-refractivity contribution >= 4 is 28.8 Å². The number of imidazole rings is 1. The molecule has 132 valence electrons. The third kappa shape index (κ3) is 2.48. The number of hydrogen-bond acceptors (Lipinski definition) is 5. The van der Waals surface area contributed by atoms with Gasteiger partial charge in [0.2, 0.25) is 11.7 Å². The highest BCUT2D eigenvalue weighted by atomic mass is 35.5. The maximum atomic E-state index is 14.1. The number of fused-ring (bicyclic) bond motifs is 2. The lowest BCUT2D eigenvalue weighted by Gasteiger charge is -2.33. The van der Waals surface area contributed by atoms with E-state index in [1.807, 2.05) is 18.5 Å². The maximum absolute atomic E-state index is 14.1. The van der Waals surface area contributed by atoms with Crippen molar-refractivity contribution in [2.75, 3.05) is 11.9 Å². The van der Waals surface area contributed by atoms with Crippen LogP contribution in [0.4, 0.5) is 10.3 Å². The van der Waals surface area contributed by atoms with E-state index in [1.165, 1.54) is 0 Å². The van der Waals surface area contributed by atoms with Crippen LogP contribution in [0.15, 0.2) is 37.1 Å². The molecule has 0 saturated heterocycles. The summed E-state index contributed by atoms with van der Waals surface area (Å²) in [5, 5.41) is 7.91. The molecule has 9 heteroatoms. The van der Waals surface area contributed by atoms with Crippen molar-refractivity contribution < 1.29 is 4.39 Å². The monoisotopic (exact) mass is 371 g/mol. The van der Waals surface area contributed by atoms with Gasteiger partial charge in [-0.2, -0.15) is 0 Å². The summed E-state index contributed by atoms with van der Waals surface area (Å²) < 4.78 is 17.6. The molecule has 0 aliphatic heterocycles. The summed E-state index contributed by atoms with van der Waals surface area (Å²) in [4.78, 5) is 12.8. The van der Waals surface area contributed by atoms with Crippen LogP contribution in [0, 0.1) is 0 Å². The predicted octanol–water partition coefficient (Wildman–Crippen LogP) is 3.40. The number of alkyl halides is 1. The van der Waals surface area contributed by atoms with Crippen LogP contribution < -0.4 is 5.32 Å². The Morgan fingerprint density at radius 3 is 2.85 bits per heavy atom. The third-order valence-corrected chi connectivity index (χ3v) is 5.14. The number of nitrogens with one attached hydrogen (secondary N) is 1. The minimum atomic E-state index is -1.12. The average molecular weight is 372 g/mol. The Bertz CT molecular complexity index is 1110. The minimum absolute atomic E-state index is 0.242. The summed E-state index contributed by atoms with van der Waals surface area (Å²) >= 11 is 6.12. The number of aromatic nitrogens is 6. The zero-order valence-corrected chi connectivity index (χ0v) is 14.5. The first-order chi connectivity index (χ1) is 12.6. The number of halogens is 2.